The number of anilines is 3. The number of nitrogens with one attached hydrogen (secondary N) is 3. The number of nitrogens with zero attached hydrogens (tertiary/aromatic N) is 1. The maximum atomic E-state index is 13.5. The number of aromatic amines is 1. The highest BCUT2D eigenvalue weighted by atomic mass is 28.4. The number of phenols is 1. The molecule has 2 amide bonds. The number of methoxy groups -OCH3 is 1. The van der Waals surface area contributed by atoms with Crippen molar-refractivity contribution in [1.82, 2.24) is 9.97 Å². The largest absolute Gasteiger partial charge is 0.506 e. The number of carbonyl (C=O) groups excluding carboxylic acids is 2. The molecule has 1 atom stereocenters. The molecule has 2 aromatic heterocycles. The van der Waals surface area contributed by atoms with Crippen molar-refractivity contribution >= 4 is 59.0 Å². The van der Waals surface area contributed by atoms with Crippen molar-refractivity contribution in [2.75, 3.05) is 17.7 Å². The number of primary amides is 1. The first-order valence-corrected chi connectivity index (χ1v) is 26.1. The van der Waals surface area contributed by atoms with Crippen LogP contribution in [0.15, 0.2) is 120 Å². The van der Waals surface area contributed by atoms with Crippen LogP contribution in [0.3, 0.4) is 0 Å². The first-order chi connectivity index (χ1) is 32.5. The maximum Gasteiger partial charge on any atom is 0.255 e. The van der Waals surface area contributed by atoms with E-state index < -0.39 is 14.2 Å². The zero-order chi connectivity index (χ0) is 48.6. The summed E-state index contributed by atoms with van der Waals surface area (Å²) in [5, 5.41) is 18.5. The van der Waals surface area contributed by atoms with E-state index in [1.54, 1.807) is 25.3 Å². The van der Waals surface area contributed by atoms with Crippen LogP contribution in [0.1, 0.15) is 114 Å². The van der Waals surface area contributed by atoms with Gasteiger partial charge in [-0.05, 0) is 133 Å². The van der Waals surface area contributed by atoms with Gasteiger partial charge in [0, 0.05) is 58.0 Å². The molecule has 2 heterocycles. The van der Waals surface area contributed by atoms with Crippen molar-refractivity contribution in [3.8, 4) is 23.3 Å². The second kappa shape index (κ2) is 21.2. The number of pyridine rings is 2. The Bertz CT molecular complexity index is 3090. The molecule has 7 rings (SSSR count). The number of benzene rings is 5. The molecule has 0 saturated carbocycles. The Morgan fingerprint density at radius 2 is 1.63 bits per heavy atom. The van der Waals surface area contributed by atoms with Gasteiger partial charge in [0.15, 0.2) is 8.32 Å². The summed E-state index contributed by atoms with van der Waals surface area (Å²) in [5.74, 6) is 6.50. The van der Waals surface area contributed by atoms with Crippen LogP contribution in [0.4, 0.5) is 17.1 Å². The number of phenolic OH excluding ortho intramolecular Hbond substituents is 1. The van der Waals surface area contributed by atoms with Crippen LogP contribution < -0.4 is 26.7 Å². The van der Waals surface area contributed by atoms with Gasteiger partial charge in [0.05, 0.1) is 35.5 Å². The minimum absolute atomic E-state index is 0.0263. The van der Waals surface area contributed by atoms with Crippen LogP contribution in [0, 0.1) is 18.8 Å². The fourth-order valence-corrected chi connectivity index (χ4v) is 9.44. The summed E-state index contributed by atoms with van der Waals surface area (Å²) >= 11 is 0. The number of carbonyl (C=O) groups is 2. The van der Waals surface area contributed by atoms with Crippen molar-refractivity contribution in [3.05, 3.63) is 165 Å². The average molecular weight is 928 g/mol. The van der Waals surface area contributed by atoms with Gasteiger partial charge in [-0.3, -0.25) is 19.4 Å². The van der Waals surface area contributed by atoms with E-state index >= 15 is 0 Å². The quantitative estimate of drug-likeness (QED) is 0.0341. The third kappa shape index (κ3) is 11.8. The number of nitrogens with two attached hydrogens (primary N) is 1. The number of rotatable bonds is 17. The summed E-state index contributed by atoms with van der Waals surface area (Å²) in [6.45, 7) is 13.2. The Morgan fingerprint density at radius 3 is 2.38 bits per heavy atom. The zero-order valence-electron chi connectivity index (χ0n) is 40.0. The average Bonchev–Trinajstić information content (AvgIpc) is 3.30. The Balaban J connectivity index is 0.928. The lowest BCUT2D eigenvalue weighted by molar-refractivity contribution is 0.0998. The molecular weight excluding hydrogens is 867 g/mol. The SMILES string of the molecule is COc1cccc(Nc2c(C(N)=O)cnc3c(C)cc(Cc4cccc(C(=O)Nc5ccc(C#CCCCCCC[C@H](O[Si](C)(C)C(C)(C)C)c6ccc(O)c7[nH]c(=O)ccc67)cc5)c4)cc23)c1. The molecule has 0 radical (unpaired) electrons. The van der Waals surface area contributed by atoms with Crippen molar-refractivity contribution in [3.63, 3.8) is 0 Å². The third-order valence-corrected chi connectivity index (χ3v) is 17.3. The van der Waals surface area contributed by atoms with E-state index in [2.05, 4.69) is 72.4 Å². The summed E-state index contributed by atoms with van der Waals surface area (Å²) in [6.07, 6.45) is 7.54. The number of aryl methyl sites for hydroxylation is 1. The highest BCUT2D eigenvalue weighted by Gasteiger charge is 2.39. The van der Waals surface area contributed by atoms with Crippen LogP contribution in [0.5, 0.6) is 11.5 Å². The second-order valence-corrected chi connectivity index (χ2v) is 23.6. The molecule has 68 heavy (non-hydrogen) atoms. The van der Waals surface area contributed by atoms with Gasteiger partial charge in [-0.1, -0.05) is 82.2 Å². The fourth-order valence-electron chi connectivity index (χ4n) is 8.13. The third-order valence-electron chi connectivity index (χ3n) is 12.8. The maximum absolute atomic E-state index is 13.5. The number of H-pyrrole nitrogens is 1. The van der Waals surface area contributed by atoms with Gasteiger partial charge < -0.3 is 35.6 Å². The summed E-state index contributed by atoms with van der Waals surface area (Å²) in [5.41, 5.74) is 14.3. The number of aromatic hydroxyl groups is 1. The molecule has 0 saturated heterocycles. The molecule has 0 unspecified atom stereocenters. The van der Waals surface area contributed by atoms with Crippen LogP contribution in [0.2, 0.25) is 18.1 Å². The highest BCUT2D eigenvalue weighted by molar-refractivity contribution is 6.74. The monoisotopic (exact) mass is 927 g/mol. The van der Waals surface area contributed by atoms with Gasteiger partial charge >= 0.3 is 0 Å². The molecule has 0 fully saturated rings. The normalized spacial score (nSPS) is 12.0. The molecule has 0 aliphatic heterocycles. The first kappa shape index (κ1) is 48.7. The van der Waals surface area contributed by atoms with E-state index in [0.717, 1.165) is 88.3 Å². The van der Waals surface area contributed by atoms with Gasteiger partial charge in [0.25, 0.3) is 11.8 Å². The number of aromatic nitrogens is 2. The molecule has 12 heteroatoms. The van der Waals surface area contributed by atoms with Crippen LogP contribution in [-0.2, 0) is 10.8 Å². The topological polar surface area (TPSA) is 169 Å². The van der Waals surface area contributed by atoms with Gasteiger partial charge in [-0.2, -0.15) is 0 Å². The van der Waals surface area contributed by atoms with Crippen LogP contribution in [-0.4, -0.2) is 42.3 Å². The van der Waals surface area contributed by atoms with Crippen LogP contribution >= 0.6 is 0 Å². The van der Waals surface area contributed by atoms with Crippen LogP contribution in [0.25, 0.3) is 21.8 Å². The summed E-state index contributed by atoms with van der Waals surface area (Å²) in [6, 6.07) is 33.5. The van der Waals surface area contributed by atoms with Gasteiger partial charge in [0.2, 0.25) is 5.56 Å². The van der Waals surface area contributed by atoms with Crippen molar-refractivity contribution in [2.24, 2.45) is 5.73 Å². The Morgan fingerprint density at radius 1 is 0.868 bits per heavy atom. The predicted molar refractivity (Wildman–Crippen MR) is 277 cm³/mol. The van der Waals surface area contributed by atoms with E-state index in [9.17, 15) is 19.5 Å². The highest BCUT2D eigenvalue weighted by Crippen LogP contribution is 2.43. The van der Waals surface area contributed by atoms with Crippen molar-refractivity contribution in [2.45, 2.75) is 96.9 Å². The number of ether oxygens (including phenoxy) is 1. The Kier molecular flexibility index (Phi) is 15.2. The number of hydrogen-bond acceptors (Lipinski definition) is 8. The minimum atomic E-state index is -2.13. The summed E-state index contributed by atoms with van der Waals surface area (Å²) in [7, 11) is -0.533. The van der Waals surface area contributed by atoms with E-state index in [1.165, 1.54) is 12.3 Å². The molecule has 6 N–H and O–H groups in total. The molecule has 11 nitrogen and oxygen atoms in total. The lowest BCUT2D eigenvalue weighted by Crippen LogP contribution is -2.41. The van der Waals surface area contributed by atoms with E-state index in [0.29, 0.717) is 34.6 Å². The molecule has 7 aromatic rings. The minimum Gasteiger partial charge on any atom is -0.506 e. The molecular formula is C56H61N5O6Si. The van der Waals surface area contributed by atoms with E-state index in [-0.39, 0.29) is 33.9 Å². The lowest BCUT2D eigenvalue weighted by Gasteiger charge is -2.39. The molecule has 0 spiro atoms. The number of unbranched alkanes of at least 4 members (excludes halogenated alkanes) is 4. The number of fused-ring (bicyclic) bond motifs is 2. The Labute approximate surface area is 399 Å². The van der Waals surface area contributed by atoms with Gasteiger partial charge in [-0.25, -0.2) is 0 Å². The van der Waals surface area contributed by atoms with E-state index in [4.69, 9.17) is 14.9 Å². The van der Waals surface area contributed by atoms with Gasteiger partial charge in [-0.15, -0.1) is 0 Å². The van der Waals surface area contributed by atoms with Gasteiger partial charge in [0.1, 0.15) is 11.5 Å². The van der Waals surface area contributed by atoms with E-state index in [1.807, 2.05) is 85.8 Å². The summed E-state index contributed by atoms with van der Waals surface area (Å²) in [4.78, 5) is 45.5. The first-order valence-electron chi connectivity index (χ1n) is 23.1. The van der Waals surface area contributed by atoms with Crippen molar-refractivity contribution in [1.29, 1.82) is 0 Å². The summed E-state index contributed by atoms with van der Waals surface area (Å²) < 4.78 is 12.4. The molecule has 0 aliphatic carbocycles. The molecule has 350 valence electrons. The molecule has 5 aromatic carbocycles. The number of hydrogen-bond donors (Lipinski definition) is 5. The standard InChI is InChI=1S/C56H61N5O6Si/c1-36-30-39(33-46-51(36)58-35-47(54(57)64)52(46)59-42-19-15-20-43(34-42)66-5)31-38-17-14-18-40(32-38)55(65)60-41-24-22-37(23-25-41)16-12-10-8-9-11-13-21-49(67-68(6,7)56(2,3)4)44-26-28-48(62)53-45(44)27-29-50(63)61-53/h14-15,17-20,22-30,32-35,49,62H,8-11,13,21,31H2,1-7H3,(H2,57,64)(H,58,59)(H,60,65)(H,61,63)/t49-/m0/s1. The smallest absolute Gasteiger partial charge is 0.255 e. The number of amides is 2. The zero-order valence-corrected chi connectivity index (χ0v) is 41.0. The van der Waals surface area contributed by atoms with Crippen molar-refractivity contribution < 1.29 is 23.9 Å². The second-order valence-electron chi connectivity index (χ2n) is 18.9. The molecule has 0 aliphatic rings. The lowest BCUT2D eigenvalue weighted by atomic mass is 9.97. The fraction of sp³-hybridized carbons (Fsp3) is 0.286. The molecule has 0 bridgehead atoms. The Hall–Kier alpha value is -7.20. The predicted octanol–water partition coefficient (Wildman–Crippen LogP) is 12.2.